The highest BCUT2D eigenvalue weighted by molar-refractivity contribution is 5.81. The third-order valence-corrected chi connectivity index (χ3v) is 2.43. The SMILES string of the molecule is C=CCC(N)C(=O)NCC1(O)CCOC1. The van der Waals surface area contributed by atoms with Gasteiger partial charge < -0.3 is 20.9 Å². The van der Waals surface area contributed by atoms with E-state index < -0.39 is 11.6 Å². The molecule has 0 spiro atoms. The Balaban J connectivity index is 2.29. The molecular weight excluding hydrogens is 196 g/mol. The average molecular weight is 214 g/mol. The van der Waals surface area contributed by atoms with Gasteiger partial charge in [-0.25, -0.2) is 0 Å². The smallest absolute Gasteiger partial charge is 0.237 e. The van der Waals surface area contributed by atoms with Gasteiger partial charge in [-0.1, -0.05) is 6.08 Å². The van der Waals surface area contributed by atoms with Gasteiger partial charge in [-0.05, 0) is 6.42 Å². The zero-order valence-electron chi connectivity index (χ0n) is 8.74. The Bertz CT molecular complexity index is 237. The van der Waals surface area contributed by atoms with Crippen molar-refractivity contribution in [3.63, 3.8) is 0 Å². The highest BCUT2D eigenvalue weighted by atomic mass is 16.5. The van der Waals surface area contributed by atoms with Crippen molar-refractivity contribution in [3.05, 3.63) is 12.7 Å². The van der Waals surface area contributed by atoms with Gasteiger partial charge >= 0.3 is 0 Å². The van der Waals surface area contributed by atoms with Crippen LogP contribution in [-0.4, -0.2) is 42.4 Å². The largest absolute Gasteiger partial charge is 0.386 e. The lowest BCUT2D eigenvalue weighted by Crippen LogP contribution is -2.48. The summed E-state index contributed by atoms with van der Waals surface area (Å²) < 4.78 is 5.05. The van der Waals surface area contributed by atoms with E-state index in [4.69, 9.17) is 10.5 Å². The molecule has 86 valence electrons. The number of carbonyl (C=O) groups excluding carboxylic acids is 1. The number of amides is 1. The Labute approximate surface area is 89.3 Å². The standard InChI is InChI=1S/C10H18N2O3/c1-2-3-8(11)9(13)12-6-10(14)4-5-15-7-10/h2,8,14H,1,3-7,11H2,(H,12,13). The maximum atomic E-state index is 11.4. The van der Waals surface area contributed by atoms with Gasteiger partial charge in [-0.15, -0.1) is 6.58 Å². The fraction of sp³-hybridized carbons (Fsp3) is 0.700. The van der Waals surface area contributed by atoms with Gasteiger partial charge in [0.25, 0.3) is 0 Å². The Kier molecular flexibility index (Phi) is 4.26. The van der Waals surface area contributed by atoms with Crippen LogP contribution in [0, 0.1) is 0 Å². The Hall–Kier alpha value is -0.910. The molecule has 0 aromatic carbocycles. The molecule has 5 heteroatoms. The molecule has 0 aromatic heterocycles. The lowest BCUT2D eigenvalue weighted by atomic mass is 10.0. The summed E-state index contributed by atoms with van der Waals surface area (Å²) in [5.41, 5.74) is 4.63. The van der Waals surface area contributed by atoms with Crippen LogP contribution in [0.15, 0.2) is 12.7 Å². The van der Waals surface area contributed by atoms with E-state index in [1.54, 1.807) is 6.08 Å². The van der Waals surface area contributed by atoms with Crippen molar-refractivity contribution in [3.8, 4) is 0 Å². The van der Waals surface area contributed by atoms with Crippen LogP contribution in [0.25, 0.3) is 0 Å². The molecule has 2 unspecified atom stereocenters. The number of carbonyl (C=O) groups is 1. The molecule has 0 saturated carbocycles. The van der Waals surface area contributed by atoms with E-state index in [9.17, 15) is 9.90 Å². The van der Waals surface area contributed by atoms with Crippen molar-refractivity contribution in [1.82, 2.24) is 5.32 Å². The van der Waals surface area contributed by atoms with E-state index in [1.165, 1.54) is 0 Å². The number of ether oxygens (including phenoxy) is 1. The molecule has 0 bridgehead atoms. The Morgan fingerprint density at radius 3 is 3.07 bits per heavy atom. The molecule has 4 N–H and O–H groups in total. The predicted octanol–water partition coefficient (Wildman–Crippen LogP) is -0.843. The Morgan fingerprint density at radius 2 is 2.53 bits per heavy atom. The molecule has 1 amide bonds. The van der Waals surface area contributed by atoms with Crippen LogP contribution in [-0.2, 0) is 9.53 Å². The monoisotopic (exact) mass is 214 g/mol. The topological polar surface area (TPSA) is 84.6 Å². The van der Waals surface area contributed by atoms with Crippen molar-refractivity contribution in [2.24, 2.45) is 5.73 Å². The summed E-state index contributed by atoms with van der Waals surface area (Å²) in [6.07, 6.45) is 2.57. The van der Waals surface area contributed by atoms with E-state index >= 15 is 0 Å². The van der Waals surface area contributed by atoms with Gasteiger partial charge in [-0.3, -0.25) is 4.79 Å². The van der Waals surface area contributed by atoms with Crippen LogP contribution in [0.1, 0.15) is 12.8 Å². The molecule has 1 rings (SSSR count). The molecule has 0 aliphatic carbocycles. The molecule has 2 atom stereocenters. The maximum Gasteiger partial charge on any atom is 0.237 e. The number of hydrogen-bond acceptors (Lipinski definition) is 4. The minimum atomic E-state index is -0.927. The van der Waals surface area contributed by atoms with Gasteiger partial charge in [0.05, 0.1) is 12.6 Å². The zero-order chi connectivity index (χ0) is 11.3. The van der Waals surface area contributed by atoms with Gasteiger partial charge in [0.2, 0.25) is 5.91 Å². The molecule has 0 radical (unpaired) electrons. The number of rotatable bonds is 5. The highest BCUT2D eigenvalue weighted by Crippen LogP contribution is 2.16. The summed E-state index contributed by atoms with van der Waals surface area (Å²) in [5, 5.41) is 12.5. The van der Waals surface area contributed by atoms with Gasteiger partial charge in [0.1, 0.15) is 5.60 Å². The second-order valence-corrected chi connectivity index (χ2v) is 3.88. The van der Waals surface area contributed by atoms with E-state index in [1.807, 2.05) is 0 Å². The predicted molar refractivity (Wildman–Crippen MR) is 56.2 cm³/mol. The third kappa shape index (κ3) is 3.62. The minimum absolute atomic E-state index is 0.191. The lowest BCUT2D eigenvalue weighted by molar-refractivity contribution is -0.123. The van der Waals surface area contributed by atoms with Crippen molar-refractivity contribution in [2.45, 2.75) is 24.5 Å². The lowest BCUT2D eigenvalue weighted by Gasteiger charge is -2.21. The number of nitrogens with one attached hydrogen (secondary N) is 1. The first kappa shape index (κ1) is 12.2. The first-order valence-electron chi connectivity index (χ1n) is 5.02. The van der Waals surface area contributed by atoms with Crippen LogP contribution in [0.4, 0.5) is 0 Å². The van der Waals surface area contributed by atoms with Crippen LogP contribution in [0.5, 0.6) is 0 Å². The summed E-state index contributed by atoms with van der Waals surface area (Å²) in [4.78, 5) is 11.4. The molecule has 1 saturated heterocycles. The van der Waals surface area contributed by atoms with E-state index in [0.717, 1.165) is 0 Å². The van der Waals surface area contributed by atoms with Gasteiger partial charge in [-0.2, -0.15) is 0 Å². The normalized spacial score (nSPS) is 27.3. The fourth-order valence-corrected chi connectivity index (χ4v) is 1.41. The molecule has 1 aliphatic heterocycles. The second-order valence-electron chi connectivity index (χ2n) is 3.88. The summed E-state index contributed by atoms with van der Waals surface area (Å²) in [6.45, 7) is 4.50. The molecule has 1 fully saturated rings. The first-order chi connectivity index (χ1) is 7.07. The van der Waals surface area contributed by atoms with Crippen molar-refractivity contribution < 1.29 is 14.6 Å². The molecule has 15 heavy (non-hydrogen) atoms. The summed E-state index contributed by atoms with van der Waals surface area (Å²) in [5.74, 6) is -0.268. The summed E-state index contributed by atoms with van der Waals surface area (Å²) in [7, 11) is 0. The van der Waals surface area contributed by atoms with Crippen LogP contribution >= 0.6 is 0 Å². The number of aliphatic hydroxyl groups is 1. The highest BCUT2D eigenvalue weighted by Gasteiger charge is 2.32. The van der Waals surface area contributed by atoms with Crippen LogP contribution < -0.4 is 11.1 Å². The van der Waals surface area contributed by atoms with E-state index in [0.29, 0.717) is 19.4 Å². The summed E-state index contributed by atoms with van der Waals surface area (Å²) >= 11 is 0. The number of hydrogen-bond donors (Lipinski definition) is 3. The van der Waals surface area contributed by atoms with Gasteiger partial charge in [0, 0.05) is 19.6 Å². The Morgan fingerprint density at radius 1 is 1.80 bits per heavy atom. The molecular formula is C10H18N2O3. The van der Waals surface area contributed by atoms with Crippen LogP contribution in [0.2, 0.25) is 0 Å². The molecule has 1 aliphatic rings. The summed E-state index contributed by atoms with van der Waals surface area (Å²) in [6, 6.07) is -0.589. The van der Waals surface area contributed by atoms with Crippen LogP contribution in [0.3, 0.4) is 0 Å². The van der Waals surface area contributed by atoms with Crippen molar-refractivity contribution in [1.29, 1.82) is 0 Å². The third-order valence-electron chi connectivity index (χ3n) is 2.43. The van der Waals surface area contributed by atoms with E-state index in [-0.39, 0.29) is 19.1 Å². The average Bonchev–Trinajstić information content (AvgIpc) is 2.63. The van der Waals surface area contributed by atoms with Gasteiger partial charge in [0.15, 0.2) is 0 Å². The first-order valence-corrected chi connectivity index (χ1v) is 5.02. The molecule has 1 heterocycles. The van der Waals surface area contributed by atoms with Crippen molar-refractivity contribution >= 4 is 5.91 Å². The number of nitrogens with two attached hydrogens (primary N) is 1. The second kappa shape index (κ2) is 5.25. The van der Waals surface area contributed by atoms with E-state index in [2.05, 4.69) is 11.9 Å². The zero-order valence-corrected chi connectivity index (χ0v) is 8.74. The maximum absolute atomic E-state index is 11.4. The molecule has 5 nitrogen and oxygen atoms in total. The van der Waals surface area contributed by atoms with Crippen molar-refractivity contribution in [2.75, 3.05) is 19.8 Å². The quantitative estimate of drug-likeness (QED) is 0.521. The molecule has 0 aromatic rings. The fourth-order valence-electron chi connectivity index (χ4n) is 1.41. The minimum Gasteiger partial charge on any atom is -0.386 e.